The van der Waals surface area contributed by atoms with Gasteiger partial charge in [-0.15, -0.1) is 0 Å². The number of likely N-dealkylation sites (tertiary alicyclic amines) is 1. The molecule has 1 N–H and O–H groups in total. The van der Waals surface area contributed by atoms with Gasteiger partial charge in [0, 0.05) is 18.8 Å². The van der Waals surface area contributed by atoms with Crippen molar-refractivity contribution in [1.29, 1.82) is 0 Å². The third kappa shape index (κ3) is 5.93. The second-order valence-electron chi connectivity index (χ2n) is 6.92. The van der Waals surface area contributed by atoms with Crippen LogP contribution in [-0.4, -0.2) is 62.9 Å². The lowest BCUT2D eigenvalue weighted by Gasteiger charge is -2.22. The van der Waals surface area contributed by atoms with Crippen molar-refractivity contribution in [1.82, 2.24) is 9.21 Å². The quantitative estimate of drug-likeness (QED) is 0.676. The molecule has 1 aromatic carbocycles. The van der Waals surface area contributed by atoms with Crippen molar-refractivity contribution in [2.45, 2.75) is 51.3 Å². The normalized spacial score (nSPS) is 16.0. The summed E-state index contributed by atoms with van der Waals surface area (Å²) in [6.45, 7) is 8.70. The molecule has 7 nitrogen and oxygen atoms in total. The van der Waals surface area contributed by atoms with Crippen LogP contribution in [0.4, 0.5) is 5.69 Å². The van der Waals surface area contributed by atoms with Crippen molar-refractivity contribution >= 4 is 21.6 Å². The van der Waals surface area contributed by atoms with Crippen molar-refractivity contribution < 1.29 is 17.9 Å². The summed E-state index contributed by atoms with van der Waals surface area (Å²) < 4.78 is 32.9. The van der Waals surface area contributed by atoms with Crippen molar-refractivity contribution in [3.8, 4) is 5.75 Å². The van der Waals surface area contributed by atoms with Gasteiger partial charge in [-0.3, -0.25) is 9.69 Å². The number of anilines is 1. The molecule has 0 aliphatic carbocycles. The average molecular weight is 412 g/mol. The van der Waals surface area contributed by atoms with E-state index < -0.39 is 10.0 Å². The van der Waals surface area contributed by atoms with E-state index in [4.69, 9.17) is 4.74 Å². The molecule has 0 aromatic heterocycles. The highest BCUT2D eigenvalue weighted by Crippen LogP contribution is 2.30. The molecule has 1 fully saturated rings. The number of amides is 1. The van der Waals surface area contributed by atoms with Crippen LogP contribution < -0.4 is 10.1 Å². The number of nitrogens with one attached hydrogen (secondary N) is 1. The zero-order valence-corrected chi connectivity index (χ0v) is 18.1. The summed E-state index contributed by atoms with van der Waals surface area (Å²) in [4.78, 5) is 14.7. The Kier molecular flexibility index (Phi) is 8.72. The molecule has 0 unspecified atom stereocenters. The van der Waals surface area contributed by atoms with Gasteiger partial charge in [-0.1, -0.05) is 26.7 Å². The van der Waals surface area contributed by atoms with Crippen LogP contribution in [0.1, 0.15) is 46.5 Å². The highest BCUT2D eigenvalue weighted by Gasteiger charge is 2.26. The molecule has 0 spiro atoms. The van der Waals surface area contributed by atoms with Crippen LogP contribution in [-0.2, 0) is 14.8 Å². The van der Waals surface area contributed by atoms with Crippen LogP contribution in [0.5, 0.6) is 5.75 Å². The minimum Gasteiger partial charge on any atom is -0.492 e. The summed E-state index contributed by atoms with van der Waals surface area (Å²) in [5.74, 6) is 0.178. The number of nitrogens with zero attached hydrogens (tertiary/aromatic N) is 2. The van der Waals surface area contributed by atoms with Crippen molar-refractivity contribution in [2.75, 3.05) is 44.6 Å². The van der Waals surface area contributed by atoms with Gasteiger partial charge in [0.05, 0.1) is 13.2 Å². The molecule has 0 saturated carbocycles. The number of rotatable bonds is 9. The van der Waals surface area contributed by atoms with Gasteiger partial charge in [-0.25, -0.2) is 8.42 Å². The molecular weight excluding hydrogens is 378 g/mol. The zero-order chi connectivity index (χ0) is 20.6. The fourth-order valence-corrected chi connectivity index (χ4v) is 5.08. The van der Waals surface area contributed by atoms with Gasteiger partial charge < -0.3 is 10.1 Å². The van der Waals surface area contributed by atoms with Gasteiger partial charge in [0.15, 0.2) is 0 Å². The van der Waals surface area contributed by atoms with Crippen LogP contribution in [0.2, 0.25) is 0 Å². The van der Waals surface area contributed by atoms with Gasteiger partial charge >= 0.3 is 0 Å². The van der Waals surface area contributed by atoms with Crippen molar-refractivity contribution in [3.63, 3.8) is 0 Å². The maximum Gasteiger partial charge on any atom is 0.246 e. The monoisotopic (exact) mass is 411 g/mol. The number of benzene rings is 1. The van der Waals surface area contributed by atoms with Crippen molar-refractivity contribution in [2.24, 2.45) is 0 Å². The largest absolute Gasteiger partial charge is 0.492 e. The van der Waals surface area contributed by atoms with E-state index in [1.807, 2.05) is 6.92 Å². The number of sulfonamides is 1. The first-order chi connectivity index (χ1) is 13.4. The number of hydrogen-bond donors (Lipinski definition) is 1. The average Bonchev–Trinajstić information content (AvgIpc) is 2.92. The Bertz CT molecular complexity index is 740. The molecule has 0 bridgehead atoms. The van der Waals surface area contributed by atoms with E-state index in [9.17, 15) is 13.2 Å². The molecule has 1 saturated heterocycles. The number of hydrogen-bond acceptors (Lipinski definition) is 5. The summed E-state index contributed by atoms with van der Waals surface area (Å²) >= 11 is 0. The lowest BCUT2D eigenvalue weighted by Crippen LogP contribution is -2.34. The Morgan fingerprint density at radius 1 is 1.11 bits per heavy atom. The van der Waals surface area contributed by atoms with E-state index in [1.54, 1.807) is 26.0 Å². The van der Waals surface area contributed by atoms with Crippen LogP contribution in [0, 0.1) is 0 Å². The van der Waals surface area contributed by atoms with Gasteiger partial charge in [-0.05, 0) is 51.1 Å². The molecule has 8 heteroatoms. The summed E-state index contributed by atoms with van der Waals surface area (Å²) in [7, 11) is -3.70. The molecule has 0 atom stereocenters. The van der Waals surface area contributed by atoms with Crippen LogP contribution in [0.25, 0.3) is 0 Å². The minimum absolute atomic E-state index is 0.0885. The van der Waals surface area contributed by atoms with E-state index in [0.29, 0.717) is 37.7 Å². The van der Waals surface area contributed by atoms with Gasteiger partial charge in [0.2, 0.25) is 15.9 Å². The lowest BCUT2D eigenvalue weighted by atomic mass is 10.2. The molecular formula is C20H33N3O4S. The summed E-state index contributed by atoms with van der Waals surface area (Å²) in [5, 5.41) is 2.85. The number of carbonyl (C=O) groups excluding carboxylic acids is 1. The topological polar surface area (TPSA) is 79.0 Å². The Hall–Kier alpha value is -1.64. The molecule has 1 aromatic rings. The highest BCUT2D eigenvalue weighted by molar-refractivity contribution is 7.89. The van der Waals surface area contributed by atoms with Crippen LogP contribution >= 0.6 is 0 Å². The summed E-state index contributed by atoms with van der Waals surface area (Å²) in [5.41, 5.74) is 0.467. The molecule has 28 heavy (non-hydrogen) atoms. The highest BCUT2D eigenvalue weighted by atomic mass is 32.2. The Labute approximate surface area is 169 Å². The molecule has 2 rings (SSSR count). The van der Waals surface area contributed by atoms with Crippen LogP contribution in [0.15, 0.2) is 23.1 Å². The predicted molar refractivity (Wildman–Crippen MR) is 111 cm³/mol. The zero-order valence-electron chi connectivity index (χ0n) is 17.2. The number of carbonyl (C=O) groups is 1. The second kappa shape index (κ2) is 10.8. The molecule has 1 aliphatic heterocycles. The fourth-order valence-electron chi connectivity index (χ4n) is 3.46. The summed E-state index contributed by atoms with van der Waals surface area (Å²) in [6.07, 6.45) is 4.65. The van der Waals surface area contributed by atoms with Gasteiger partial charge in [0.1, 0.15) is 10.6 Å². The second-order valence-corrected chi connectivity index (χ2v) is 8.83. The third-order valence-electron chi connectivity index (χ3n) is 4.92. The Balaban J connectivity index is 2.20. The van der Waals surface area contributed by atoms with Crippen molar-refractivity contribution in [3.05, 3.63) is 18.2 Å². The Morgan fingerprint density at radius 2 is 1.75 bits per heavy atom. The third-order valence-corrected chi connectivity index (χ3v) is 6.99. The molecule has 158 valence electrons. The van der Waals surface area contributed by atoms with E-state index in [2.05, 4.69) is 10.2 Å². The fraction of sp³-hybridized carbons (Fsp3) is 0.650. The van der Waals surface area contributed by atoms with Gasteiger partial charge in [-0.2, -0.15) is 4.31 Å². The smallest absolute Gasteiger partial charge is 0.246 e. The Morgan fingerprint density at radius 3 is 2.32 bits per heavy atom. The predicted octanol–water partition coefficient (Wildman–Crippen LogP) is 2.93. The maximum atomic E-state index is 13.0. The molecule has 1 heterocycles. The lowest BCUT2D eigenvalue weighted by molar-refractivity contribution is -0.117. The van der Waals surface area contributed by atoms with Crippen LogP contribution in [0.3, 0.4) is 0 Å². The van der Waals surface area contributed by atoms with E-state index in [0.717, 1.165) is 25.9 Å². The first-order valence-electron chi connectivity index (χ1n) is 10.2. The summed E-state index contributed by atoms with van der Waals surface area (Å²) in [6, 6.07) is 4.80. The first kappa shape index (κ1) is 22.6. The molecule has 1 aliphatic rings. The standard InChI is InChI=1S/C20H33N3O4S/c1-4-23(5-2)28(25,26)19-15-17(11-12-18(19)27-6-3)21-20(24)16-22-13-9-7-8-10-14-22/h11-12,15H,4-10,13-14,16H2,1-3H3,(H,21,24). The van der Waals surface area contributed by atoms with E-state index in [1.165, 1.54) is 23.2 Å². The molecule has 0 radical (unpaired) electrons. The van der Waals surface area contributed by atoms with Gasteiger partial charge in [0.25, 0.3) is 0 Å². The minimum atomic E-state index is -3.70. The number of ether oxygens (including phenoxy) is 1. The first-order valence-corrected chi connectivity index (χ1v) is 11.7. The van der Waals surface area contributed by atoms with E-state index >= 15 is 0 Å². The molecule has 1 amide bonds. The van der Waals surface area contributed by atoms with E-state index in [-0.39, 0.29) is 10.8 Å². The maximum absolute atomic E-state index is 13.0. The SMILES string of the molecule is CCOc1ccc(NC(=O)CN2CCCCCC2)cc1S(=O)(=O)N(CC)CC.